The largest absolute Gasteiger partial charge is 0.445 e. The molecule has 0 aliphatic carbocycles. The summed E-state index contributed by atoms with van der Waals surface area (Å²) in [4.78, 5) is 1.94. The van der Waals surface area contributed by atoms with Gasteiger partial charge in [0.15, 0.2) is 0 Å². The summed E-state index contributed by atoms with van der Waals surface area (Å²) in [6.07, 6.45) is -1.30. The second kappa shape index (κ2) is 6.71. The van der Waals surface area contributed by atoms with Crippen LogP contribution in [0.4, 0.5) is 18.3 Å². The van der Waals surface area contributed by atoms with E-state index in [1.54, 1.807) is 0 Å². The van der Waals surface area contributed by atoms with Crippen molar-refractivity contribution >= 4 is 16.5 Å². The third-order valence-electron chi connectivity index (χ3n) is 3.30. The van der Waals surface area contributed by atoms with Crippen LogP contribution in [0.3, 0.4) is 0 Å². The van der Waals surface area contributed by atoms with E-state index >= 15 is 0 Å². The van der Waals surface area contributed by atoms with Gasteiger partial charge in [-0.1, -0.05) is 18.3 Å². The third-order valence-corrected chi connectivity index (χ3v) is 4.33. The molecule has 4 nitrogen and oxygen atoms in total. The van der Waals surface area contributed by atoms with Gasteiger partial charge in [0.25, 0.3) is 0 Å². The molecule has 2 rings (SSSR count). The van der Waals surface area contributed by atoms with Gasteiger partial charge in [0.1, 0.15) is 0 Å². The van der Waals surface area contributed by atoms with Crippen LogP contribution in [0.25, 0.3) is 0 Å². The Morgan fingerprint density at radius 1 is 1.40 bits per heavy atom. The highest BCUT2D eigenvalue weighted by atomic mass is 32.1. The first-order valence-corrected chi connectivity index (χ1v) is 7.68. The van der Waals surface area contributed by atoms with Crippen LogP contribution in [0.2, 0.25) is 0 Å². The van der Waals surface area contributed by atoms with Gasteiger partial charge >= 0.3 is 6.18 Å². The molecule has 0 amide bonds. The molecule has 0 spiro atoms. The molecule has 8 heteroatoms. The Labute approximate surface area is 120 Å². The predicted molar refractivity (Wildman–Crippen MR) is 73.0 cm³/mol. The minimum atomic E-state index is -4.40. The van der Waals surface area contributed by atoms with Crippen molar-refractivity contribution in [2.24, 2.45) is 5.92 Å². The summed E-state index contributed by atoms with van der Waals surface area (Å²) in [6, 6.07) is 0. The summed E-state index contributed by atoms with van der Waals surface area (Å²) in [5, 5.41) is 9.83. The zero-order chi connectivity index (χ0) is 14.6. The Balaban J connectivity index is 2.05. The Bertz CT molecular complexity index is 415. The molecule has 20 heavy (non-hydrogen) atoms. The molecule has 1 saturated heterocycles. The van der Waals surface area contributed by atoms with E-state index in [0.29, 0.717) is 28.9 Å². The first kappa shape index (κ1) is 15.5. The Kier molecular flexibility index (Phi) is 5.20. The fourth-order valence-corrected chi connectivity index (χ4v) is 3.13. The molecule has 0 radical (unpaired) electrons. The first-order valence-electron chi connectivity index (χ1n) is 6.87. The van der Waals surface area contributed by atoms with Crippen LogP contribution >= 0.6 is 11.3 Å². The molecule has 0 bridgehead atoms. The number of hydrogen-bond acceptors (Lipinski definition) is 5. The molecule has 1 unspecified atom stereocenters. The molecule has 0 saturated carbocycles. The number of hydrogen-bond donors (Lipinski definition) is 1. The van der Waals surface area contributed by atoms with Crippen molar-refractivity contribution in [2.45, 2.75) is 32.4 Å². The van der Waals surface area contributed by atoms with Crippen molar-refractivity contribution < 1.29 is 13.2 Å². The fraction of sp³-hybridized carbons (Fsp3) is 0.833. The van der Waals surface area contributed by atoms with Crippen LogP contribution in [-0.2, 0) is 6.18 Å². The van der Waals surface area contributed by atoms with E-state index in [1.807, 2.05) is 11.8 Å². The normalized spacial score (nSPS) is 20.1. The van der Waals surface area contributed by atoms with Gasteiger partial charge in [-0.2, -0.15) is 13.2 Å². The van der Waals surface area contributed by atoms with Crippen molar-refractivity contribution in [1.82, 2.24) is 15.5 Å². The lowest BCUT2D eigenvalue weighted by Gasteiger charge is -2.29. The van der Waals surface area contributed by atoms with Crippen molar-refractivity contribution in [1.29, 1.82) is 0 Å². The fourth-order valence-electron chi connectivity index (χ4n) is 2.38. The summed E-state index contributed by atoms with van der Waals surface area (Å²) >= 11 is 0.635. The van der Waals surface area contributed by atoms with Crippen LogP contribution in [-0.4, -0.2) is 36.4 Å². The summed E-state index contributed by atoms with van der Waals surface area (Å²) in [5.41, 5.74) is 0. The van der Waals surface area contributed by atoms with Gasteiger partial charge in [-0.15, -0.1) is 10.2 Å². The zero-order valence-corrected chi connectivity index (χ0v) is 12.2. The molecule has 2 heterocycles. The van der Waals surface area contributed by atoms with Gasteiger partial charge in [-0.25, -0.2) is 0 Å². The Hall–Kier alpha value is -0.890. The van der Waals surface area contributed by atoms with Crippen molar-refractivity contribution in [2.75, 3.05) is 31.1 Å². The van der Waals surface area contributed by atoms with Gasteiger partial charge < -0.3 is 10.2 Å². The van der Waals surface area contributed by atoms with Crippen LogP contribution in [0.5, 0.6) is 0 Å². The maximum Gasteiger partial charge on any atom is 0.445 e. The summed E-state index contributed by atoms with van der Waals surface area (Å²) < 4.78 is 37.8. The molecule has 114 valence electrons. The van der Waals surface area contributed by atoms with Gasteiger partial charge in [-0.05, 0) is 38.3 Å². The molecule has 1 aromatic rings. The third kappa shape index (κ3) is 4.05. The summed E-state index contributed by atoms with van der Waals surface area (Å²) in [5.74, 6) is 0.466. The van der Waals surface area contributed by atoms with Gasteiger partial charge in [0, 0.05) is 13.1 Å². The number of nitrogens with one attached hydrogen (secondary N) is 1. The van der Waals surface area contributed by atoms with E-state index in [-0.39, 0.29) is 0 Å². The van der Waals surface area contributed by atoms with Crippen LogP contribution in [0, 0.1) is 5.92 Å². The Morgan fingerprint density at radius 3 is 2.75 bits per heavy atom. The quantitative estimate of drug-likeness (QED) is 0.908. The molecule has 1 aliphatic heterocycles. The molecular weight excluding hydrogens is 289 g/mol. The standard InChI is InChI=1S/C12H19F3N4S/c1-2-6-19(8-9-4-3-5-16-7-9)11-18-17-10(20-11)12(13,14)15/h9,16H,2-8H2,1H3. The van der Waals surface area contributed by atoms with Gasteiger partial charge in [0.2, 0.25) is 10.1 Å². The van der Waals surface area contributed by atoms with Crippen LogP contribution in [0.15, 0.2) is 0 Å². The highest BCUT2D eigenvalue weighted by Gasteiger charge is 2.36. The molecule has 1 aromatic heterocycles. The zero-order valence-electron chi connectivity index (χ0n) is 11.4. The number of rotatable bonds is 5. The lowest BCUT2D eigenvalue weighted by Crippen LogP contribution is -2.38. The predicted octanol–water partition coefficient (Wildman–Crippen LogP) is 2.77. The number of piperidine rings is 1. The molecule has 1 N–H and O–H groups in total. The van der Waals surface area contributed by atoms with Crippen molar-refractivity contribution in [3.8, 4) is 0 Å². The van der Waals surface area contributed by atoms with Crippen molar-refractivity contribution in [3.05, 3.63) is 5.01 Å². The van der Waals surface area contributed by atoms with E-state index in [4.69, 9.17) is 0 Å². The number of nitrogens with zero attached hydrogens (tertiary/aromatic N) is 3. The number of anilines is 1. The van der Waals surface area contributed by atoms with Gasteiger partial charge in [0.05, 0.1) is 0 Å². The van der Waals surface area contributed by atoms with Crippen molar-refractivity contribution in [3.63, 3.8) is 0 Å². The number of halogens is 3. The Morgan fingerprint density at radius 2 is 2.20 bits per heavy atom. The SMILES string of the molecule is CCCN(CC1CCCNC1)c1nnc(C(F)(F)F)s1. The van der Waals surface area contributed by atoms with E-state index in [0.717, 1.165) is 38.9 Å². The maximum atomic E-state index is 12.6. The van der Waals surface area contributed by atoms with Gasteiger partial charge in [-0.3, -0.25) is 0 Å². The van der Waals surface area contributed by atoms with E-state index in [1.165, 1.54) is 0 Å². The van der Waals surface area contributed by atoms with E-state index in [9.17, 15) is 13.2 Å². The summed E-state index contributed by atoms with van der Waals surface area (Å²) in [6.45, 7) is 5.42. The molecule has 1 fully saturated rings. The second-order valence-corrected chi connectivity index (χ2v) is 6.00. The number of aromatic nitrogens is 2. The molecular formula is C12H19F3N4S. The monoisotopic (exact) mass is 308 g/mol. The highest BCUT2D eigenvalue weighted by Crippen LogP contribution is 2.34. The smallest absolute Gasteiger partial charge is 0.346 e. The summed E-state index contributed by atoms with van der Waals surface area (Å²) in [7, 11) is 0. The average molecular weight is 308 g/mol. The van der Waals surface area contributed by atoms with E-state index < -0.39 is 11.2 Å². The average Bonchev–Trinajstić information content (AvgIpc) is 2.89. The lowest BCUT2D eigenvalue weighted by atomic mass is 9.99. The number of alkyl halides is 3. The van der Waals surface area contributed by atoms with E-state index in [2.05, 4.69) is 15.5 Å². The molecule has 0 aromatic carbocycles. The topological polar surface area (TPSA) is 41.0 Å². The van der Waals surface area contributed by atoms with Crippen LogP contribution in [0.1, 0.15) is 31.2 Å². The minimum absolute atomic E-state index is 0.379. The molecule has 1 atom stereocenters. The minimum Gasteiger partial charge on any atom is -0.346 e. The van der Waals surface area contributed by atoms with Crippen LogP contribution < -0.4 is 10.2 Å². The second-order valence-electron chi connectivity index (χ2n) is 5.05. The maximum absolute atomic E-state index is 12.6. The molecule has 1 aliphatic rings. The lowest BCUT2D eigenvalue weighted by molar-refractivity contribution is -0.138. The highest BCUT2D eigenvalue weighted by molar-refractivity contribution is 7.15. The first-order chi connectivity index (χ1) is 9.50.